The van der Waals surface area contributed by atoms with Gasteiger partial charge in [0.05, 0.1) is 0 Å². The highest BCUT2D eigenvalue weighted by molar-refractivity contribution is 5.90. The van der Waals surface area contributed by atoms with Gasteiger partial charge in [-0.15, -0.1) is 0 Å². The van der Waals surface area contributed by atoms with E-state index in [-0.39, 0.29) is 0 Å². The van der Waals surface area contributed by atoms with Gasteiger partial charge in [-0.1, -0.05) is 54.1 Å². The standard InChI is InChI=1S/C17H19N/c1-13(12-18-16-9-10-16)11-15-7-4-6-14-5-2-3-8-17(14)15/h2-8,11,16,18H,9-10,12H2,1H3. The molecule has 2 aromatic carbocycles. The molecular formula is C17H19N. The van der Waals surface area contributed by atoms with Crippen molar-refractivity contribution in [2.75, 3.05) is 6.54 Å². The fourth-order valence-electron chi connectivity index (χ4n) is 2.29. The molecule has 0 amide bonds. The van der Waals surface area contributed by atoms with Crippen LogP contribution in [-0.4, -0.2) is 12.6 Å². The third kappa shape index (κ3) is 2.62. The summed E-state index contributed by atoms with van der Waals surface area (Å²) in [7, 11) is 0. The lowest BCUT2D eigenvalue weighted by molar-refractivity contribution is 0.736. The molecule has 18 heavy (non-hydrogen) atoms. The van der Waals surface area contributed by atoms with Crippen LogP contribution in [0.15, 0.2) is 48.0 Å². The summed E-state index contributed by atoms with van der Waals surface area (Å²) < 4.78 is 0. The molecule has 0 unspecified atom stereocenters. The molecule has 1 nitrogen and oxygen atoms in total. The number of fused-ring (bicyclic) bond motifs is 1. The Bertz CT molecular complexity index is 574. The number of nitrogens with one attached hydrogen (secondary N) is 1. The van der Waals surface area contributed by atoms with Crippen LogP contribution in [0.4, 0.5) is 0 Å². The molecule has 0 radical (unpaired) electrons. The Balaban J connectivity index is 1.86. The third-order valence-corrected chi connectivity index (χ3v) is 3.47. The first-order valence-electron chi connectivity index (χ1n) is 6.71. The molecule has 1 aliphatic carbocycles. The summed E-state index contributed by atoms with van der Waals surface area (Å²) in [5.41, 5.74) is 2.72. The molecule has 0 spiro atoms. The minimum absolute atomic E-state index is 0.779. The highest BCUT2D eigenvalue weighted by Gasteiger charge is 2.19. The average Bonchev–Trinajstić information content (AvgIpc) is 3.21. The normalized spacial score (nSPS) is 16.2. The van der Waals surface area contributed by atoms with Gasteiger partial charge in [-0.2, -0.15) is 0 Å². The quantitative estimate of drug-likeness (QED) is 0.847. The van der Waals surface area contributed by atoms with E-state index in [1.807, 2.05) is 0 Å². The molecule has 1 heteroatoms. The van der Waals surface area contributed by atoms with Gasteiger partial charge in [0, 0.05) is 12.6 Å². The topological polar surface area (TPSA) is 12.0 Å². The highest BCUT2D eigenvalue weighted by atomic mass is 14.9. The van der Waals surface area contributed by atoms with Gasteiger partial charge >= 0.3 is 0 Å². The van der Waals surface area contributed by atoms with E-state index in [1.165, 1.54) is 34.8 Å². The second-order valence-electron chi connectivity index (χ2n) is 5.21. The van der Waals surface area contributed by atoms with Crippen molar-refractivity contribution in [2.24, 2.45) is 0 Å². The zero-order valence-corrected chi connectivity index (χ0v) is 10.8. The summed E-state index contributed by atoms with van der Waals surface area (Å²) in [4.78, 5) is 0. The molecule has 3 rings (SSSR count). The van der Waals surface area contributed by atoms with E-state index in [0.29, 0.717) is 0 Å². The van der Waals surface area contributed by atoms with Gasteiger partial charge < -0.3 is 5.32 Å². The van der Waals surface area contributed by atoms with Crippen molar-refractivity contribution in [3.05, 3.63) is 53.6 Å². The molecule has 0 heterocycles. The van der Waals surface area contributed by atoms with Crippen LogP contribution in [0.5, 0.6) is 0 Å². The largest absolute Gasteiger partial charge is 0.310 e. The average molecular weight is 237 g/mol. The van der Waals surface area contributed by atoms with Crippen LogP contribution in [-0.2, 0) is 0 Å². The minimum Gasteiger partial charge on any atom is -0.310 e. The van der Waals surface area contributed by atoms with Gasteiger partial charge in [-0.05, 0) is 36.1 Å². The van der Waals surface area contributed by atoms with E-state index in [9.17, 15) is 0 Å². The number of hydrogen-bond donors (Lipinski definition) is 1. The maximum absolute atomic E-state index is 3.56. The zero-order valence-electron chi connectivity index (χ0n) is 10.8. The molecule has 0 saturated heterocycles. The van der Waals surface area contributed by atoms with Crippen molar-refractivity contribution in [1.29, 1.82) is 0 Å². The maximum atomic E-state index is 3.56. The van der Waals surface area contributed by atoms with Gasteiger partial charge in [0.1, 0.15) is 0 Å². The predicted octanol–water partition coefficient (Wildman–Crippen LogP) is 4.00. The molecule has 1 N–H and O–H groups in total. The monoisotopic (exact) mass is 237 g/mol. The molecule has 0 aliphatic heterocycles. The Morgan fingerprint density at radius 2 is 1.94 bits per heavy atom. The summed E-state index contributed by atoms with van der Waals surface area (Å²) in [6, 6.07) is 15.9. The fraction of sp³-hybridized carbons (Fsp3) is 0.294. The Morgan fingerprint density at radius 3 is 2.78 bits per heavy atom. The summed E-state index contributed by atoms with van der Waals surface area (Å²) in [5, 5.41) is 6.21. The van der Waals surface area contributed by atoms with Crippen molar-refractivity contribution >= 4 is 16.8 Å². The van der Waals surface area contributed by atoms with E-state index in [1.54, 1.807) is 0 Å². The lowest BCUT2D eigenvalue weighted by Crippen LogP contribution is -2.18. The van der Waals surface area contributed by atoms with Crippen LogP contribution in [0.1, 0.15) is 25.3 Å². The lowest BCUT2D eigenvalue weighted by Gasteiger charge is -2.06. The van der Waals surface area contributed by atoms with E-state index in [4.69, 9.17) is 0 Å². The Labute approximate surface area is 109 Å². The number of benzene rings is 2. The van der Waals surface area contributed by atoms with E-state index in [2.05, 4.69) is 60.8 Å². The Morgan fingerprint density at radius 1 is 1.17 bits per heavy atom. The Hall–Kier alpha value is -1.60. The van der Waals surface area contributed by atoms with Crippen molar-refractivity contribution < 1.29 is 0 Å². The first-order chi connectivity index (χ1) is 8.83. The molecule has 0 atom stereocenters. The smallest absolute Gasteiger partial charge is 0.0167 e. The fourth-order valence-corrected chi connectivity index (χ4v) is 2.29. The van der Waals surface area contributed by atoms with Gasteiger partial charge in [0.25, 0.3) is 0 Å². The van der Waals surface area contributed by atoms with Crippen LogP contribution in [0.25, 0.3) is 16.8 Å². The van der Waals surface area contributed by atoms with E-state index >= 15 is 0 Å². The predicted molar refractivity (Wildman–Crippen MR) is 78.6 cm³/mol. The van der Waals surface area contributed by atoms with Crippen molar-refractivity contribution in [3.63, 3.8) is 0 Å². The molecule has 0 aromatic heterocycles. The SMILES string of the molecule is CC(=Cc1cccc2ccccc12)CNC1CC1. The van der Waals surface area contributed by atoms with E-state index in [0.717, 1.165) is 12.6 Å². The second kappa shape index (κ2) is 4.95. The maximum Gasteiger partial charge on any atom is 0.0167 e. The van der Waals surface area contributed by atoms with Crippen molar-refractivity contribution in [2.45, 2.75) is 25.8 Å². The van der Waals surface area contributed by atoms with Gasteiger partial charge in [-0.25, -0.2) is 0 Å². The first-order valence-corrected chi connectivity index (χ1v) is 6.71. The first kappa shape index (κ1) is 11.5. The molecule has 0 bridgehead atoms. The van der Waals surface area contributed by atoms with Crippen LogP contribution in [0, 0.1) is 0 Å². The van der Waals surface area contributed by atoms with Crippen LogP contribution >= 0.6 is 0 Å². The van der Waals surface area contributed by atoms with Crippen LogP contribution in [0.3, 0.4) is 0 Å². The molecule has 1 aliphatic rings. The summed E-state index contributed by atoms with van der Waals surface area (Å²) in [5.74, 6) is 0. The van der Waals surface area contributed by atoms with Gasteiger partial charge in [-0.3, -0.25) is 0 Å². The Kier molecular flexibility index (Phi) is 3.16. The minimum atomic E-state index is 0.779. The lowest BCUT2D eigenvalue weighted by atomic mass is 10.0. The van der Waals surface area contributed by atoms with Gasteiger partial charge in [0.15, 0.2) is 0 Å². The molecule has 2 aromatic rings. The van der Waals surface area contributed by atoms with E-state index < -0.39 is 0 Å². The number of hydrogen-bond acceptors (Lipinski definition) is 1. The summed E-state index contributed by atoms with van der Waals surface area (Å²) in [6.45, 7) is 3.21. The zero-order chi connectivity index (χ0) is 12.4. The second-order valence-corrected chi connectivity index (χ2v) is 5.21. The molecule has 92 valence electrons. The highest BCUT2D eigenvalue weighted by Crippen LogP contribution is 2.22. The van der Waals surface area contributed by atoms with Crippen molar-refractivity contribution in [3.8, 4) is 0 Å². The summed E-state index contributed by atoms with van der Waals surface area (Å²) in [6.07, 6.45) is 5.00. The summed E-state index contributed by atoms with van der Waals surface area (Å²) >= 11 is 0. The van der Waals surface area contributed by atoms with Crippen molar-refractivity contribution in [1.82, 2.24) is 5.32 Å². The third-order valence-electron chi connectivity index (χ3n) is 3.47. The molecular weight excluding hydrogens is 218 g/mol. The van der Waals surface area contributed by atoms with Gasteiger partial charge in [0.2, 0.25) is 0 Å². The molecule has 1 fully saturated rings. The van der Waals surface area contributed by atoms with Crippen LogP contribution < -0.4 is 5.32 Å². The molecule has 1 saturated carbocycles. The van der Waals surface area contributed by atoms with Crippen LogP contribution in [0.2, 0.25) is 0 Å². The number of rotatable bonds is 4.